The number of rotatable bonds is 3. The molecule has 0 amide bonds. The van der Waals surface area contributed by atoms with Crippen LogP contribution in [-0.2, 0) is 0 Å². The molecule has 1 aliphatic carbocycles. The van der Waals surface area contributed by atoms with Crippen LogP contribution >= 0.6 is 0 Å². The summed E-state index contributed by atoms with van der Waals surface area (Å²) < 4.78 is 0. The first-order chi connectivity index (χ1) is 8.83. The Kier molecular flexibility index (Phi) is 2.55. The SMILES string of the molecule is N=CC(=CN)c1nc2ccccc2nc1C1CC1. The summed E-state index contributed by atoms with van der Waals surface area (Å²) in [6.45, 7) is 0. The summed E-state index contributed by atoms with van der Waals surface area (Å²) in [4.78, 5) is 9.31. The van der Waals surface area contributed by atoms with Crippen molar-refractivity contribution < 1.29 is 0 Å². The Balaban J connectivity index is 2.26. The molecule has 3 rings (SSSR count). The smallest absolute Gasteiger partial charge is 0.0957 e. The van der Waals surface area contributed by atoms with Gasteiger partial charge in [0.25, 0.3) is 0 Å². The molecule has 0 saturated heterocycles. The summed E-state index contributed by atoms with van der Waals surface area (Å²) in [7, 11) is 0. The molecule has 2 aromatic rings. The first-order valence-corrected chi connectivity index (χ1v) is 6.03. The zero-order valence-corrected chi connectivity index (χ0v) is 9.93. The lowest BCUT2D eigenvalue weighted by Gasteiger charge is -2.08. The highest BCUT2D eigenvalue weighted by Crippen LogP contribution is 2.41. The van der Waals surface area contributed by atoms with E-state index in [9.17, 15) is 0 Å². The Labute approximate surface area is 105 Å². The summed E-state index contributed by atoms with van der Waals surface area (Å²) in [5.41, 5.74) is 9.69. The molecular weight excluding hydrogens is 224 g/mol. The van der Waals surface area contributed by atoms with Gasteiger partial charge in [0.1, 0.15) is 0 Å². The molecule has 0 atom stereocenters. The molecule has 0 unspecified atom stereocenters. The molecule has 1 aliphatic rings. The minimum Gasteiger partial charge on any atom is -0.404 e. The summed E-state index contributed by atoms with van der Waals surface area (Å²) in [6, 6.07) is 7.80. The van der Waals surface area contributed by atoms with Gasteiger partial charge in [0.05, 0.1) is 22.4 Å². The van der Waals surface area contributed by atoms with E-state index in [2.05, 4.69) is 4.98 Å². The third-order valence-electron chi connectivity index (χ3n) is 3.17. The monoisotopic (exact) mass is 238 g/mol. The standard InChI is InChI=1S/C14H14N4/c15-7-10(8-16)14-13(9-5-6-9)17-11-3-1-2-4-12(11)18-14/h1-4,7-9,15H,5-6,16H2. The van der Waals surface area contributed by atoms with Crippen LogP contribution in [0.15, 0.2) is 30.5 Å². The Bertz CT molecular complexity index is 641. The molecule has 1 heterocycles. The molecule has 18 heavy (non-hydrogen) atoms. The average Bonchev–Trinajstić information content (AvgIpc) is 3.24. The van der Waals surface area contributed by atoms with E-state index >= 15 is 0 Å². The van der Waals surface area contributed by atoms with Gasteiger partial charge in [-0.25, -0.2) is 9.97 Å². The van der Waals surface area contributed by atoms with E-state index in [0.717, 1.165) is 35.3 Å². The molecule has 3 N–H and O–H groups in total. The quantitative estimate of drug-likeness (QED) is 0.806. The van der Waals surface area contributed by atoms with Crippen molar-refractivity contribution in [3.63, 3.8) is 0 Å². The lowest BCUT2D eigenvalue weighted by atomic mass is 10.1. The molecule has 1 saturated carbocycles. The highest BCUT2D eigenvalue weighted by atomic mass is 14.8. The number of aromatic nitrogens is 2. The predicted octanol–water partition coefficient (Wildman–Crippen LogP) is 2.46. The van der Waals surface area contributed by atoms with Crippen LogP contribution in [0.3, 0.4) is 0 Å². The molecular formula is C14H14N4. The number of para-hydroxylation sites is 2. The number of nitrogens with zero attached hydrogens (tertiary/aromatic N) is 2. The molecule has 0 bridgehead atoms. The summed E-state index contributed by atoms with van der Waals surface area (Å²) >= 11 is 0. The molecule has 1 aromatic carbocycles. The summed E-state index contributed by atoms with van der Waals surface area (Å²) in [5, 5.41) is 7.42. The fourth-order valence-corrected chi connectivity index (χ4v) is 2.06. The maximum Gasteiger partial charge on any atom is 0.0957 e. The third kappa shape index (κ3) is 1.76. The molecule has 90 valence electrons. The van der Waals surface area contributed by atoms with E-state index in [-0.39, 0.29) is 0 Å². The molecule has 4 heteroatoms. The Morgan fingerprint density at radius 2 is 1.89 bits per heavy atom. The molecule has 1 aromatic heterocycles. The number of nitrogens with two attached hydrogens (primary N) is 1. The van der Waals surface area contributed by atoms with Crippen molar-refractivity contribution in [3.05, 3.63) is 41.9 Å². The topological polar surface area (TPSA) is 75.7 Å². The molecule has 1 fully saturated rings. The van der Waals surface area contributed by atoms with Crippen LogP contribution in [0, 0.1) is 5.41 Å². The van der Waals surface area contributed by atoms with E-state index in [1.54, 1.807) is 0 Å². The normalized spacial score (nSPS) is 15.9. The lowest BCUT2D eigenvalue weighted by molar-refractivity contribution is 1.00. The average molecular weight is 238 g/mol. The van der Waals surface area contributed by atoms with Crippen molar-refractivity contribution in [2.45, 2.75) is 18.8 Å². The number of benzene rings is 1. The van der Waals surface area contributed by atoms with Crippen LogP contribution < -0.4 is 5.73 Å². The number of hydrogen-bond donors (Lipinski definition) is 2. The first kappa shape index (κ1) is 10.9. The first-order valence-electron chi connectivity index (χ1n) is 6.03. The Morgan fingerprint density at radius 1 is 1.22 bits per heavy atom. The third-order valence-corrected chi connectivity index (χ3v) is 3.17. The van der Waals surface area contributed by atoms with E-state index in [4.69, 9.17) is 16.1 Å². The largest absolute Gasteiger partial charge is 0.404 e. The molecule has 4 nitrogen and oxygen atoms in total. The number of hydrogen-bond acceptors (Lipinski definition) is 4. The van der Waals surface area contributed by atoms with Crippen LogP contribution in [0.4, 0.5) is 0 Å². The fraction of sp³-hybridized carbons (Fsp3) is 0.214. The van der Waals surface area contributed by atoms with Gasteiger partial charge in [-0.1, -0.05) is 12.1 Å². The van der Waals surface area contributed by atoms with E-state index in [1.165, 1.54) is 12.4 Å². The van der Waals surface area contributed by atoms with Crippen molar-refractivity contribution >= 4 is 22.8 Å². The fourth-order valence-electron chi connectivity index (χ4n) is 2.06. The Hall–Kier alpha value is -2.23. The van der Waals surface area contributed by atoms with Crippen LogP contribution in [0.1, 0.15) is 30.1 Å². The van der Waals surface area contributed by atoms with Crippen LogP contribution in [0.25, 0.3) is 16.6 Å². The summed E-state index contributed by atoms with van der Waals surface area (Å²) in [6.07, 6.45) is 4.97. The van der Waals surface area contributed by atoms with Crippen LogP contribution in [0.5, 0.6) is 0 Å². The number of allylic oxidation sites excluding steroid dienone is 1. The molecule has 0 aliphatic heterocycles. The minimum absolute atomic E-state index is 0.479. The van der Waals surface area contributed by atoms with Gasteiger partial charge in [-0.3, -0.25) is 0 Å². The zero-order valence-electron chi connectivity index (χ0n) is 9.93. The number of nitrogens with one attached hydrogen (secondary N) is 1. The number of fused-ring (bicyclic) bond motifs is 1. The predicted molar refractivity (Wildman–Crippen MR) is 72.5 cm³/mol. The van der Waals surface area contributed by atoms with Crippen LogP contribution in [-0.4, -0.2) is 16.2 Å². The Morgan fingerprint density at radius 3 is 2.44 bits per heavy atom. The van der Waals surface area contributed by atoms with Gasteiger partial charge in [0, 0.05) is 23.9 Å². The van der Waals surface area contributed by atoms with E-state index < -0.39 is 0 Å². The molecule has 0 spiro atoms. The second kappa shape index (κ2) is 4.22. The highest BCUT2D eigenvalue weighted by molar-refractivity contribution is 6.08. The van der Waals surface area contributed by atoms with Gasteiger partial charge in [-0.05, 0) is 25.0 Å². The van der Waals surface area contributed by atoms with E-state index in [1.807, 2.05) is 24.3 Å². The van der Waals surface area contributed by atoms with E-state index in [0.29, 0.717) is 11.5 Å². The highest BCUT2D eigenvalue weighted by Gasteiger charge is 2.29. The van der Waals surface area contributed by atoms with Gasteiger partial charge in [-0.15, -0.1) is 0 Å². The maximum absolute atomic E-state index is 7.42. The zero-order chi connectivity index (χ0) is 12.5. The summed E-state index contributed by atoms with van der Waals surface area (Å²) in [5.74, 6) is 0.479. The van der Waals surface area contributed by atoms with Crippen molar-refractivity contribution in [3.8, 4) is 0 Å². The van der Waals surface area contributed by atoms with Crippen LogP contribution in [0.2, 0.25) is 0 Å². The van der Waals surface area contributed by atoms with Crippen molar-refractivity contribution in [2.75, 3.05) is 0 Å². The van der Waals surface area contributed by atoms with Crippen molar-refractivity contribution in [1.82, 2.24) is 9.97 Å². The van der Waals surface area contributed by atoms with Gasteiger partial charge in [0.15, 0.2) is 0 Å². The molecule has 0 radical (unpaired) electrons. The van der Waals surface area contributed by atoms with Gasteiger partial charge < -0.3 is 11.1 Å². The van der Waals surface area contributed by atoms with Crippen molar-refractivity contribution in [1.29, 1.82) is 5.41 Å². The lowest BCUT2D eigenvalue weighted by Crippen LogP contribution is -2.03. The van der Waals surface area contributed by atoms with Gasteiger partial charge >= 0.3 is 0 Å². The maximum atomic E-state index is 7.42. The second-order valence-corrected chi connectivity index (χ2v) is 4.49. The van der Waals surface area contributed by atoms with Crippen molar-refractivity contribution in [2.24, 2.45) is 5.73 Å². The minimum atomic E-state index is 0.479. The van der Waals surface area contributed by atoms with Gasteiger partial charge in [-0.2, -0.15) is 0 Å². The second-order valence-electron chi connectivity index (χ2n) is 4.49. The van der Waals surface area contributed by atoms with Gasteiger partial charge in [0.2, 0.25) is 0 Å².